The summed E-state index contributed by atoms with van der Waals surface area (Å²) in [7, 11) is 0. The number of fused-ring (bicyclic) bond motifs is 1. The van der Waals surface area contributed by atoms with Gasteiger partial charge in [-0.15, -0.1) is 11.3 Å². The lowest BCUT2D eigenvalue weighted by atomic mass is 10.1. The molecule has 4 atom stereocenters. The number of anilines is 2. The first-order valence-corrected chi connectivity index (χ1v) is 11.1. The molecule has 11 heteroatoms. The summed E-state index contributed by atoms with van der Waals surface area (Å²) in [4.78, 5) is 24.6. The van der Waals surface area contributed by atoms with E-state index < -0.39 is 30.1 Å². The quantitative estimate of drug-likeness (QED) is 0.291. The molecule has 0 amide bonds. The maximum absolute atomic E-state index is 10.8. The van der Waals surface area contributed by atoms with Crippen molar-refractivity contribution in [3.05, 3.63) is 30.0 Å². The fraction of sp³-hybridized carbons (Fsp3) is 0.429. The van der Waals surface area contributed by atoms with Gasteiger partial charge in [0.2, 0.25) is 5.95 Å². The molecular weight excluding hydrogens is 434 g/mol. The highest BCUT2D eigenvalue weighted by atomic mass is 32.1. The zero-order valence-electron chi connectivity index (χ0n) is 17.4. The number of aliphatic hydroxyl groups is 3. The van der Waals surface area contributed by atoms with Gasteiger partial charge in [-0.05, 0) is 25.5 Å². The van der Waals surface area contributed by atoms with Crippen molar-refractivity contribution in [1.29, 1.82) is 0 Å². The predicted molar refractivity (Wildman–Crippen MR) is 121 cm³/mol. The third-order valence-corrected chi connectivity index (χ3v) is 6.63. The summed E-state index contributed by atoms with van der Waals surface area (Å²) in [6, 6.07) is 7.22. The third-order valence-electron chi connectivity index (χ3n) is 5.58. The zero-order chi connectivity index (χ0) is 22.8. The lowest BCUT2D eigenvalue weighted by Crippen LogP contribution is -2.35. The molecule has 1 aliphatic carbocycles. The Morgan fingerprint density at radius 3 is 2.66 bits per heavy atom. The topological polar surface area (TPSA) is 161 Å². The van der Waals surface area contributed by atoms with E-state index in [1.165, 1.54) is 11.3 Å². The zero-order valence-corrected chi connectivity index (χ0v) is 18.2. The number of nitrogens with one attached hydrogen (secondary N) is 2. The fourth-order valence-corrected chi connectivity index (χ4v) is 4.96. The first kappa shape index (κ1) is 22.3. The van der Waals surface area contributed by atoms with Crippen molar-refractivity contribution in [3.63, 3.8) is 0 Å². The van der Waals surface area contributed by atoms with Gasteiger partial charge in [0.1, 0.15) is 16.9 Å². The standard InChI is InChI=1S/C21H25N5O5S/c1-10-16(20-25-12-4-2-3-5-14(12)32-20)19(26-21(23-10)22-7-6-15(28)29)24-13-8-11(9-27)17(30)18(13)31/h2-5,11,13,17-18,27,30-31H,6-9H2,1H3,(H,28,29)(H2,22,23,24,26)/t11-,13-,17-,18+/m1/s1. The molecule has 0 spiro atoms. The van der Waals surface area contributed by atoms with Gasteiger partial charge in [0.25, 0.3) is 0 Å². The fourth-order valence-electron chi connectivity index (χ4n) is 3.90. The van der Waals surface area contributed by atoms with Gasteiger partial charge >= 0.3 is 5.97 Å². The second-order valence-electron chi connectivity index (χ2n) is 7.82. The minimum atomic E-state index is -1.07. The van der Waals surface area contributed by atoms with E-state index in [0.29, 0.717) is 28.5 Å². The summed E-state index contributed by atoms with van der Waals surface area (Å²) >= 11 is 1.49. The number of nitrogens with zero attached hydrogens (tertiary/aromatic N) is 3. The van der Waals surface area contributed by atoms with Gasteiger partial charge in [-0.2, -0.15) is 4.98 Å². The molecule has 4 rings (SSSR count). The number of thiazole rings is 1. The number of aliphatic hydroxyl groups excluding tert-OH is 3. The lowest BCUT2D eigenvalue weighted by Gasteiger charge is -2.21. The van der Waals surface area contributed by atoms with Crippen LogP contribution in [0.25, 0.3) is 20.8 Å². The molecule has 1 saturated carbocycles. The molecule has 170 valence electrons. The smallest absolute Gasteiger partial charge is 0.305 e. The summed E-state index contributed by atoms with van der Waals surface area (Å²) in [5, 5.41) is 45.9. The normalized spacial score (nSPS) is 22.9. The first-order valence-electron chi connectivity index (χ1n) is 10.3. The Labute approximate surface area is 188 Å². The number of carbonyl (C=O) groups is 1. The van der Waals surface area contributed by atoms with Crippen LogP contribution in [-0.4, -0.2) is 72.7 Å². The maximum Gasteiger partial charge on any atom is 0.305 e. The van der Waals surface area contributed by atoms with Crippen molar-refractivity contribution in [2.24, 2.45) is 5.92 Å². The molecular formula is C21H25N5O5S. The van der Waals surface area contributed by atoms with Gasteiger partial charge in [0.15, 0.2) is 0 Å². The number of carboxylic acids is 1. The molecule has 32 heavy (non-hydrogen) atoms. The Balaban J connectivity index is 1.71. The predicted octanol–water partition coefficient (Wildman–Crippen LogP) is 1.46. The average molecular weight is 460 g/mol. The van der Waals surface area contributed by atoms with Crippen molar-refractivity contribution in [1.82, 2.24) is 15.0 Å². The van der Waals surface area contributed by atoms with Gasteiger partial charge < -0.3 is 31.1 Å². The van der Waals surface area contributed by atoms with E-state index in [2.05, 4.69) is 20.6 Å². The van der Waals surface area contributed by atoms with Crippen LogP contribution in [0.3, 0.4) is 0 Å². The molecule has 0 saturated heterocycles. The van der Waals surface area contributed by atoms with Gasteiger partial charge in [-0.3, -0.25) is 4.79 Å². The molecule has 0 radical (unpaired) electrons. The molecule has 1 fully saturated rings. The Bertz CT molecular complexity index is 1090. The Hall–Kier alpha value is -2.86. The summed E-state index contributed by atoms with van der Waals surface area (Å²) in [6.07, 6.45) is -1.84. The van der Waals surface area contributed by atoms with E-state index in [4.69, 9.17) is 10.1 Å². The number of para-hydroxylation sites is 1. The molecule has 1 aromatic carbocycles. The van der Waals surface area contributed by atoms with E-state index in [1.807, 2.05) is 31.2 Å². The van der Waals surface area contributed by atoms with Crippen molar-refractivity contribution in [3.8, 4) is 10.6 Å². The van der Waals surface area contributed by atoms with Crippen LogP contribution >= 0.6 is 11.3 Å². The Kier molecular flexibility index (Phi) is 6.51. The van der Waals surface area contributed by atoms with E-state index in [9.17, 15) is 20.1 Å². The number of rotatable bonds is 8. The van der Waals surface area contributed by atoms with Crippen LogP contribution in [0.1, 0.15) is 18.5 Å². The van der Waals surface area contributed by atoms with Gasteiger partial charge in [-0.1, -0.05) is 12.1 Å². The number of carboxylic acid groups (broad SMARTS) is 1. The number of aliphatic carboxylic acids is 1. The first-order chi connectivity index (χ1) is 15.4. The van der Waals surface area contributed by atoms with E-state index in [0.717, 1.165) is 10.2 Å². The van der Waals surface area contributed by atoms with Crippen LogP contribution in [0.2, 0.25) is 0 Å². The molecule has 2 heterocycles. The largest absolute Gasteiger partial charge is 0.481 e. The van der Waals surface area contributed by atoms with E-state index in [-0.39, 0.29) is 25.5 Å². The summed E-state index contributed by atoms with van der Waals surface area (Å²) < 4.78 is 1.01. The number of benzene rings is 1. The second-order valence-corrected chi connectivity index (χ2v) is 8.85. The monoisotopic (exact) mass is 459 g/mol. The highest BCUT2D eigenvalue weighted by Gasteiger charge is 2.41. The molecule has 2 aromatic heterocycles. The van der Waals surface area contributed by atoms with Crippen LogP contribution in [0.4, 0.5) is 11.8 Å². The van der Waals surface area contributed by atoms with Crippen molar-refractivity contribution >= 4 is 39.3 Å². The van der Waals surface area contributed by atoms with Crippen molar-refractivity contribution < 1.29 is 25.2 Å². The molecule has 3 aromatic rings. The minimum Gasteiger partial charge on any atom is -0.481 e. The van der Waals surface area contributed by atoms with Crippen molar-refractivity contribution in [2.75, 3.05) is 23.8 Å². The molecule has 10 nitrogen and oxygen atoms in total. The molecule has 0 unspecified atom stereocenters. The van der Waals surface area contributed by atoms with Gasteiger partial charge in [-0.25, -0.2) is 9.97 Å². The van der Waals surface area contributed by atoms with Crippen molar-refractivity contribution in [2.45, 2.75) is 38.0 Å². The Morgan fingerprint density at radius 1 is 1.19 bits per heavy atom. The van der Waals surface area contributed by atoms with Gasteiger partial charge in [0, 0.05) is 19.1 Å². The van der Waals surface area contributed by atoms with Gasteiger partial charge in [0.05, 0.1) is 40.0 Å². The molecule has 6 N–H and O–H groups in total. The number of hydrogen-bond donors (Lipinski definition) is 6. The SMILES string of the molecule is Cc1nc(NCCC(=O)O)nc(N[C@@H]2C[C@H](CO)[C@@H](O)[C@H]2O)c1-c1nc2ccccc2s1. The summed E-state index contributed by atoms with van der Waals surface area (Å²) in [5.74, 6) is -0.701. The van der Waals surface area contributed by atoms with Crippen LogP contribution in [0.15, 0.2) is 24.3 Å². The number of hydrogen-bond acceptors (Lipinski definition) is 10. The van der Waals surface area contributed by atoms with Crippen LogP contribution in [-0.2, 0) is 4.79 Å². The van der Waals surface area contributed by atoms with Crippen LogP contribution in [0, 0.1) is 12.8 Å². The maximum atomic E-state index is 10.8. The third kappa shape index (κ3) is 4.51. The summed E-state index contributed by atoms with van der Waals surface area (Å²) in [6.45, 7) is 1.74. The van der Waals surface area contributed by atoms with Crippen LogP contribution < -0.4 is 10.6 Å². The number of aryl methyl sites for hydroxylation is 1. The van der Waals surface area contributed by atoms with E-state index >= 15 is 0 Å². The highest BCUT2D eigenvalue weighted by molar-refractivity contribution is 7.21. The average Bonchev–Trinajstić information content (AvgIpc) is 3.29. The molecule has 0 aliphatic heterocycles. The van der Waals surface area contributed by atoms with E-state index in [1.54, 1.807) is 0 Å². The number of aromatic nitrogens is 3. The summed E-state index contributed by atoms with van der Waals surface area (Å²) in [5.41, 5.74) is 2.15. The lowest BCUT2D eigenvalue weighted by molar-refractivity contribution is -0.136. The molecule has 0 bridgehead atoms. The second kappa shape index (κ2) is 9.33. The Morgan fingerprint density at radius 2 is 1.97 bits per heavy atom. The highest BCUT2D eigenvalue weighted by Crippen LogP contribution is 2.38. The minimum absolute atomic E-state index is 0.0868. The molecule has 1 aliphatic rings. The van der Waals surface area contributed by atoms with Crippen LogP contribution in [0.5, 0.6) is 0 Å².